The van der Waals surface area contributed by atoms with Crippen LogP contribution in [0.4, 0.5) is 13.2 Å². The number of ketones is 2. The second-order valence-electron chi connectivity index (χ2n) is 8.56. The highest BCUT2D eigenvalue weighted by Gasteiger charge is 2.67. The Balaban J connectivity index is 1.92. The Hall–Kier alpha value is -3.94. The second kappa shape index (κ2) is 11.0. The van der Waals surface area contributed by atoms with Gasteiger partial charge in [0.1, 0.15) is 35.8 Å². The smallest absolute Gasteiger partial charge is 0.339 e. The number of benzene rings is 3. The molecule has 0 saturated carbocycles. The van der Waals surface area contributed by atoms with Crippen molar-refractivity contribution in [1.29, 1.82) is 0 Å². The van der Waals surface area contributed by atoms with Crippen LogP contribution < -0.4 is 0 Å². The van der Waals surface area contributed by atoms with E-state index in [1.54, 1.807) is 0 Å². The van der Waals surface area contributed by atoms with Crippen molar-refractivity contribution in [3.63, 3.8) is 0 Å². The molecule has 0 spiro atoms. The number of hydrogen-bond acceptors (Lipinski definition) is 9. The largest absolute Gasteiger partial charge is 0.440 e. The molecule has 3 aromatic carbocycles. The van der Waals surface area contributed by atoms with Crippen LogP contribution >= 0.6 is 0 Å². The summed E-state index contributed by atoms with van der Waals surface area (Å²) in [6.45, 7) is 0. The molecule has 12 heteroatoms. The molecule has 4 atom stereocenters. The van der Waals surface area contributed by atoms with Crippen molar-refractivity contribution in [3.05, 3.63) is 113 Å². The van der Waals surface area contributed by atoms with Crippen LogP contribution in [0.1, 0.15) is 31.1 Å². The third kappa shape index (κ3) is 5.33. The summed E-state index contributed by atoms with van der Waals surface area (Å²) in [4.78, 5) is 40.7. The van der Waals surface area contributed by atoms with E-state index in [0.717, 1.165) is 72.8 Å². The van der Waals surface area contributed by atoms with Gasteiger partial charge in [0, 0.05) is 11.1 Å². The molecule has 39 heavy (non-hydrogen) atoms. The summed E-state index contributed by atoms with van der Waals surface area (Å²) in [7, 11) is 0. The normalized spacial score (nSPS) is 23.4. The minimum Gasteiger partial charge on any atom is -0.440 e. The lowest BCUT2D eigenvalue weighted by molar-refractivity contribution is -0.252. The summed E-state index contributed by atoms with van der Waals surface area (Å²) in [6, 6.07) is 11.0. The van der Waals surface area contributed by atoms with Gasteiger partial charge in [-0.1, -0.05) is 0 Å². The summed E-state index contributed by atoms with van der Waals surface area (Å²) < 4.78 is 51.3. The second-order valence-corrected chi connectivity index (χ2v) is 8.56. The average Bonchev–Trinajstić information content (AvgIpc) is 2.91. The summed E-state index contributed by atoms with van der Waals surface area (Å²) in [5.74, 6) is -6.22. The van der Waals surface area contributed by atoms with Crippen molar-refractivity contribution in [2.24, 2.45) is 0 Å². The number of aliphatic hydroxyl groups is 4. The van der Waals surface area contributed by atoms with Crippen molar-refractivity contribution in [2.75, 3.05) is 0 Å². The molecule has 3 aromatic rings. The summed E-state index contributed by atoms with van der Waals surface area (Å²) in [5, 5.41) is 41.4. The fourth-order valence-corrected chi connectivity index (χ4v) is 4.04. The molecule has 1 radical (unpaired) electrons. The molecule has 9 nitrogen and oxygen atoms in total. The van der Waals surface area contributed by atoms with E-state index in [1.807, 2.05) is 0 Å². The highest BCUT2D eigenvalue weighted by Crippen LogP contribution is 2.43. The van der Waals surface area contributed by atoms with Gasteiger partial charge in [0.2, 0.25) is 23.3 Å². The zero-order chi connectivity index (χ0) is 28.5. The van der Waals surface area contributed by atoms with E-state index >= 15 is 0 Å². The van der Waals surface area contributed by atoms with Gasteiger partial charge in [0.15, 0.2) is 6.29 Å². The number of carbonyl (C=O) groups excluding carboxylic acids is 3. The minimum atomic E-state index is -3.18. The van der Waals surface area contributed by atoms with E-state index in [-0.39, 0.29) is 11.1 Å². The number of Topliss-reactive ketones (excluding diaryl/α,β-unsaturated/α-hetero) is 2. The van der Waals surface area contributed by atoms with E-state index in [0.29, 0.717) is 0 Å². The third-order valence-electron chi connectivity index (χ3n) is 6.05. The van der Waals surface area contributed by atoms with Crippen LogP contribution in [0.5, 0.6) is 0 Å². The number of aliphatic hydroxyl groups excluding tert-OH is 3. The van der Waals surface area contributed by atoms with E-state index in [2.05, 4.69) is 0 Å². The molecule has 1 aliphatic heterocycles. The molecule has 1 fully saturated rings. The first-order chi connectivity index (χ1) is 18.5. The fraction of sp³-hybridized carbons (Fsp3) is 0.185. The Morgan fingerprint density at radius 2 is 1.18 bits per heavy atom. The predicted octanol–water partition coefficient (Wildman–Crippen LogP) is 1.73. The zero-order valence-electron chi connectivity index (χ0n) is 19.7. The predicted molar refractivity (Wildman–Crippen MR) is 124 cm³/mol. The molecule has 1 heterocycles. The fourth-order valence-electron chi connectivity index (χ4n) is 4.04. The first-order valence-corrected chi connectivity index (χ1v) is 11.3. The van der Waals surface area contributed by atoms with Crippen LogP contribution in [0.3, 0.4) is 0 Å². The topological polar surface area (TPSA) is 151 Å². The minimum absolute atomic E-state index is 0.338. The van der Waals surface area contributed by atoms with Gasteiger partial charge in [-0.15, -0.1) is 0 Å². The Kier molecular flexibility index (Phi) is 7.95. The quantitative estimate of drug-likeness (QED) is 0.198. The molecule has 4 N–H and O–H groups in total. The van der Waals surface area contributed by atoms with E-state index in [4.69, 9.17) is 9.47 Å². The molecular formula is C27H20F3O9. The van der Waals surface area contributed by atoms with Gasteiger partial charge in [-0.05, 0) is 72.8 Å². The van der Waals surface area contributed by atoms with Gasteiger partial charge in [-0.25, -0.2) is 18.0 Å². The third-order valence-corrected chi connectivity index (χ3v) is 6.05. The SMILES string of the molecule is O=C(O[C@@]1(C(=O)c2ccc(F)cc2)[C](C(=O)c2ccc(F)cc2)O[C@H](C(O)O)[C@@H](O)[C@@H]1O)c1ccc(F)cc1. The number of hydrogen-bond donors (Lipinski definition) is 4. The highest BCUT2D eigenvalue weighted by molar-refractivity contribution is 6.16. The van der Waals surface area contributed by atoms with Crippen LogP contribution in [0.25, 0.3) is 0 Å². The van der Waals surface area contributed by atoms with Crippen molar-refractivity contribution in [2.45, 2.75) is 30.2 Å². The number of ether oxygens (including phenoxy) is 2. The molecule has 4 rings (SSSR count). The molecule has 0 aliphatic carbocycles. The van der Waals surface area contributed by atoms with Crippen LogP contribution in [0, 0.1) is 23.6 Å². The first kappa shape index (κ1) is 28.1. The molecule has 1 aliphatic rings. The average molecular weight is 545 g/mol. The Morgan fingerprint density at radius 3 is 1.64 bits per heavy atom. The Labute approximate surface area is 218 Å². The maximum Gasteiger partial charge on any atom is 0.339 e. The van der Waals surface area contributed by atoms with Gasteiger partial charge < -0.3 is 29.9 Å². The lowest BCUT2D eigenvalue weighted by Gasteiger charge is -2.48. The van der Waals surface area contributed by atoms with Crippen molar-refractivity contribution in [1.82, 2.24) is 0 Å². The maximum absolute atomic E-state index is 13.9. The lowest BCUT2D eigenvalue weighted by atomic mass is 9.74. The molecule has 203 valence electrons. The molecule has 0 aromatic heterocycles. The number of rotatable bonds is 7. The summed E-state index contributed by atoms with van der Waals surface area (Å²) in [6.07, 6.45) is -10.7. The van der Waals surface area contributed by atoms with Crippen LogP contribution in [-0.4, -0.2) is 68.2 Å². The standard InChI is InChI=1S/C27H20F3O9/c28-16-7-1-13(2-8-16)19(31)24-27(22(33)14-3-9-17(29)10-4-14,23(34)20(32)21(38-24)25(35)36)39-26(37)15-5-11-18(30)12-6-15/h1-12,20-21,23,25,32,34-36H/t20-,21+,23+,27-/m1/s1. The molecule has 0 unspecified atom stereocenters. The lowest BCUT2D eigenvalue weighted by Crippen LogP contribution is -2.70. The van der Waals surface area contributed by atoms with E-state index < -0.39 is 76.9 Å². The van der Waals surface area contributed by atoms with Gasteiger partial charge in [-0.2, -0.15) is 0 Å². The van der Waals surface area contributed by atoms with Gasteiger partial charge in [-0.3, -0.25) is 9.59 Å². The first-order valence-electron chi connectivity index (χ1n) is 11.3. The molecule has 1 saturated heterocycles. The van der Waals surface area contributed by atoms with Gasteiger partial charge in [0.05, 0.1) is 5.56 Å². The molecule has 0 amide bonds. The molecule has 0 bridgehead atoms. The Morgan fingerprint density at radius 1 is 0.744 bits per heavy atom. The summed E-state index contributed by atoms with van der Waals surface area (Å²) >= 11 is 0. The van der Waals surface area contributed by atoms with Crippen molar-refractivity contribution < 1.29 is 57.5 Å². The Bertz CT molecular complexity index is 1360. The summed E-state index contributed by atoms with van der Waals surface area (Å²) in [5.41, 5.74) is -4.28. The van der Waals surface area contributed by atoms with Crippen molar-refractivity contribution >= 4 is 17.5 Å². The number of halogens is 3. The van der Waals surface area contributed by atoms with Gasteiger partial charge in [0.25, 0.3) is 0 Å². The van der Waals surface area contributed by atoms with E-state index in [1.165, 1.54) is 0 Å². The van der Waals surface area contributed by atoms with Crippen LogP contribution in [0.15, 0.2) is 72.8 Å². The van der Waals surface area contributed by atoms with E-state index in [9.17, 15) is 48.0 Å². The van der Waals surface area contributed by atoms with Gasteiger partial charge >= 0.3 is 5.97 Å². The highest BCUT2D eigenvalue weighted by atomic mass is 19.1. The van der Waals surface area contributed by atoms with Crippen LogP contribution in [0.2, 0.25) is 0 Å². The molecular weight excluding hydrogens is 525 g/mol. The van der Waals surface area contributed by atoms with Crippen molar-refractivity contribution in [3.8, 4) is 0 Å². The zero-order valence-corrected chi connectivity index (χ0v) is 19.7. The number of esters is 1. The van der Waals surface area contributed by atoms with Crippen LogP contribution in [-0.2, 0) is 9.47 Å². The maximum atomic E-state index is 13.9. The monoisotopic (exact) mass is 545 g/mol. The number of carbonyl (C=O) groups is 3.